The molecule has 3 N–H and O–H groups in total. The molecule has 0 saturated carbocycles. The first-order chi connectivity index (χ1) is 9.88. The molecule has 0 unspecified atom stereocenters. The maximum atomic E-state index is 12.2. The van der Waals surface area contributed by atoms with Crippen LogP contribution in [0.5, 0.6) is 0 Å². The van der Waals surface area contributed by atoms with E-state index in [1.165, 1.54) is 11.6 Å². The molecule has 2 aromatic rings. The molecule has 0 spiro atoms. The van der Waals surface area contributed by atoms with Crippen LogP contribution in [0.3, 0.4) is 0 Å². The van der Waals surface area contributed by atoms with Gasteiger partial charge in [0.1, 0.15) is 0 Å². The summed E-state index contributed by atoms with van der Waals surface area (Å²) in [5.41, 5.74) is 9.35. The monoisotopic (exact) mass is 304 g/mol. The molecule has 0 aliphatic rings. The zero-order valence-electron chi connectivity index (χ0n) is 12.3. The molecule has 0 aliphatic heterocycles. The van der Waals surface area contributed by atoms with Gasteiger partial charge in [-0.05, 0) is 49.6 Å². The van der Waals surface area contributed by atoms with Gasteiger partial charge in [-0.15, -0.1) is 0 Å². The lowest BCUT2D eigenvalue weighted by molar-refractivity contribution is 0.581. The Morgan fingerprint density at radius 2 is 1.86 bits per heavy atom. The highest BCUT2D eigenvalue weighted by atomic mass is 32.2. The molecule has 0 fully saturated rings. The number of hydrogen-bond donors (Lipinski definition) is 2. The van der Waals surface area contributed by atoms with Crippen LogP contribution in [0.1, 0.15) is 16.7 Å². The summed E-state index contributed by atoms with van der Waals surface area (Å²) in [7, 11) is -3.49. The van der Waals surface area contributed by atoms with E-state index in [4.69, 9.17) is 5.73 Å². The number of hydrogen-bond acceptors (Lipinski definition) is 3. The van der Waals surface area contributed by atoms with Crippen LogP contribution in [0.2, 0.25) is 0 Å². The van der Waals surface area contributed by atoms with Gasteiger partial charge in [0.15, 0.2) is 0 Å². The fourth-order valence-electron chi connectivity index (χ4n) is 2.10. The molecule has 2 rings (SSSR count). The first kappa shape index (κ1) is 15.5. The van der Waals surface area contributed by atoms with Gasteiger partial charge in [-0.2, -0.15) is 0 Å². The molecule has 2 aromatic carbocycles. The Morgan fingerprint density at radius 1 is 1.10 bits per heavy atom. The van der Waals surface area contributed by atoms with E-state index < -0.39 is 10.0 Å². The summed E-state index contributed by atoms with van der Waals surface area (Å²) in [6.07, 6.45) is 0.662. The Labute approximate surface area is 126 Å². The van der Waals surface area contributed by atoms with Crippen molar-refractivity contribution in [2.75, 3.05) is 12.3 Å². The number of nitrogen functional groups attached to an aromatic ring is 1. The molecule has 0 radical (unpaired) electrons. The second kappa shape index (κ2) is 6.28. The van der Waals surface area contributed by atoms with E-state index in [1.807, 2.05) is 25.1 Å². The predicted molar refractivity (Wildman–Crippen MR) is 85.7 cm³/mol. The average molecular weight is 304 g/mol. The molecule has 4 nitrogen and oxygen atoms in total. The van der Waals surface area contributed by atoms with Crippen molar-refractivity contribution in [1.29, 1.82) is 0 Å². The number of anilines is 1. The summed E-state index contributed by atoms with van der Waals surface area (Å²) >= 11 is 0. The van der Waals surface area contributed by atoms with Crippen molar-refractivity contribution >= 4 is 15.7 Å². The first-order valence-electron chi connectivity index (χ1n) is 6.80. The van der Waals surface area contributed by atoms with Crippen LogP contribution < -0.4 is 10.5 Å². The lowest BCUT2D eigenvalue weighted by Gasteiger charge is -2.09. The van der Waals surface area contributed by atoms with Crippen LogP contribution in [0.4, 0.5) is 5.69 Å². The summed E-state index contributed by atoms with van der Waals surface area (Å²) in [4.78, 5) is 0.249. The van der Waals surface area contributed by atoms with Crippen LogP contribution in [-0.2, 0) is 16.4 Å². The molecule has 0 amide bonds. The van der Waals surface area contributed by atoms with Crippen LogP contribution in [0.15, 0.2) is 47.4 Å². The second-order valence-electron chi connectivity index (χ2n) is 5.16. The normalized spacial score (nSPS) is 11.5. The predicted octanol–water partition coefficient (Wildman–Crippen LogP) is 2.41. The van der Waals surface area contributed by atoms with Gasteiger partial charge in [0.2, 0.25) is 10.0 Å². The molecule has 5 heteroatoms. The molecule has 0 atom stereocenters. The Kier molecular flexibility index (Phi) is 4.65. The highest BCUT2D eigenvalue weighted by Crippen LogP contribution is 2.16. The number of sulfonamides is 1. The topological polar surface area (TPSA) is 72.2 Å². The highest BCUT2D eigenvalue weighted by Gasteiger charge is 2.14. The largest absolute Gasteiger partial charge is 0.399 e. The van der Waals surface area contributed by atoms with E-state index in [0.29, 0.717) is 18.7 Å². The van der Waals surface area contributed by atoms with E-state index in [1.54, 1.807) is 19.1 Å². The third-order valence-corrected chi connectivity index (χ3v) is 4.80. The molecule has 0 heterocycles. The zero-order chi connectivity index (χ0) is 15.5. The van der Waals surface area contributed by atoms with Crippen molar-refractivity contribution in [3.8, 4) is 0 Å². The van der Waals surface area contributed by atoms with Crippen LogP contribution >= 0.6 is 0 Å². The molecule has 0 saturated heterocycles. The maximum Gasteiger partial charge on any atom is 0.240 e. The van der Waals surface area contributed by atoms with Crippen LogP contribution in [-0.4, -0.2) is 15.0 Å². The maximum absolute atomic E-state index is 12.2. The van der Waals surface area contributed by atoms with Gasteiger partial charge >= 0.3 is 0 Å². The van der Waals surface area contributed by atoms with Gasteiger partial charge in [-0.1, -0.05) is 29.8 Å². The standard InChI is InChI=1S/C16H20N2O2S/c1-12-4-3-5-14(10-12)8-9-18-21(19,20)15-6-7-16(17)13(2)11-15/h3-7,10-11,18H,8-9,17H2,1-2H3. The Morgan fingerprint density at radius 3 is 2.52 bits per heavy atom. The molecule has 0 aliphatic carbocycles. The highest BCUT2D eigenvalue weighted by molar-refractivity contribution is 7.89. The van der Waals surface area contributed by atoms with Gasteiger partial charge in [-0.25, -0.2) is 13.1 Å². The summed E-state index contributed by atoms with van der Waals surface area (Å²) in [6.45, 7) is 4.18. The number of nitrogens with one attached hydrogen (secondary N) is 1. The van der Waals surface area contributed by atoms with Crippen molar-refractivity contribution in [1.82, 2.24) is 4.72 Å². The van der Waals surface area contributed by atoms with E-state index in [2.05, 4.69) is 10.8 Å². The van der Waals surface area contributed by atoms with E-state index >= 15 is 0 Å². The zero-order valence-corrected chi connectivity index (χ0v) is 13.1. The number of benzene rings is 2. The number of nitrogens with two attached hydrogens (primary N) is 1. The Balaban J connectivity index is 2.03. The third-order valence-electron chi connectivity index (χ3n) is 3.34. The van der Waals surface area contributed by atoms with Crippen LogP contribution in [0.25, 0.3) is 0 Å². The quantitative estimate of drug-likeness (QED) is 0.833. The fourth-order valence-corrected chi connectivity index (χ4v) is 3.21. The average Bonchev–Trinajstić information content (AvgIpc) is 2.41. The van der Waals surface area contributed by atoms with Gasteiger partial charge < -0.3 is 5.73 Å². The summed E-state index contributed by atoms with van der Waals surface area (Å²) in [5.74, 6) is 0. The van der Waals surface area contributed by atoms with Crippen LogP contribution in [0, 0.1) is 13.8 Å². The minimum absolute atomic E-state index is 0.249. The second-order valence-corrected chi connectivity index (χ2v) is 6.92. The van der Waals surface area contributed by atoms with Crippen molar-refractivity contribution in [2.45, 2.75) is 25.2 Å². The third kappa shape index (κ3) is 4.06. The number of aryl methyl sites for hydroxylation is 2. The Hall–Kier alpha value is -1.85. The van der Waals surface area contributed by atoms with E-state index in [9.17, 15) is 8.42 Å². The smallest absolute Gasteiger partial charge is 0.240 e. The van der Waals surface area contributed by atoms with Gasteiger partial charge in [0.25, 0.3) is 0 Å². The van der Waals surface area contributed by atoms with Crippen molar-refractivity contribution in [3.63, 3.8) is 0 Å². The molecular weight excluding hydrogens is 284 g/mol. The molecular formula is C16H20N2O2S. The lowest BCUT2D eigenvalue weighted by Crippen LogP contribution is -2.26. The van der Waals surface area contributed by atoms with Gasteiger partial charge in [0, 0.05) is 12.2 Å². The van der Waals surface area contributed by atoms with Crippen molar-refractivity contribution in [2.24, 2.45) is 0 Å². The Bertz CT molecular complexity index is 740. The molecule has 0 bridgehead atoms. The van der Waals surface area contributed by atoms with E-state index in [-0.39, 0.29) is 4.90 Å². The SMILES string of the molecule is Cc1cccc(CCNS(=O)(=O)c2ccc(N)c(C)c2)c1. The summed E-state index contributed by atoms with van der Waals surface area (Å²) in [5, 5.41) is 0. The first-order valence-corrected chi connectivity index (χ1v) is 8.28. The van der Waals surface area contributed by atoms with Gasteiger partial charge in [0.05, 0.1) is 4.90 Å². The summed E-state index contributed by atoms with van der Waals surface area (Å²) in [6, 6.07) is 12.8. The number of rotatable bonds is 5. The fraction of sp³-hybridized carbons (Fsp3) is 0.250. The van der Waals surface area contributed by atoms with Crippen molar-refractivity contribution in [3.05, 3.63) is 59.2 Å². The minimum atomic E-state index is -3.49. The van der Waals surface area contributed by atoms with Gasteiger partial charge in [-0.3, -0.25) is 0 Å². The summed E-state index contributed by atoms with van der Waals surface area (Å²) < 4.78 is 27.0. The molecule has 112 valence electrons. The van der Waals surface area contributed by atoms with Crippen molar-refractivity contribution < 1.29 is 8.42 Å². The minimum Gasteiger partial charge on any atom is -0.399 e. The van der Waals surface area contributed by atoms with E-state index in [0.717, 1.165) is 11.1 Å². The lowest BCUT2D eigenvalue weighted by atomic mass is 10.1. The molecule has 21 heavy (non-hydrogen) atoms. The molecule has 0 aromatic heterocycles.